The van der Waals surface area contributed by atoms with Crippen LogP contribution in [0.2, 0.25) is 0 Å². The van der Waals surface area contributed by atoms with Crippen LogP contribution in [0.25, 0.3) is 0 Å². The maximum atomic E-state index is 12.7. The van der Waals surface area contributed by atoms with Crippen molar-refractivity contribution in [1.82, 2.24) is 14.8 Å². The van der Waals surface area contributed by atoms with Crippen molar-refractivity contribution in [3.05, 3.63) is 58.2 Å². The van der Waals surface area contributed by atoms with Crippen molar-refractivity contribution in [2.75, 3.05) is 17.7 Å². The van der Waals surface area contributed by atoms with Crippen molar-refractivity contribution in [3.8, 4) is 0 Å². The number of carbonyl (C=O) groups is 2. The predicted octanol–water partition coefficient (Wildman–Crippen LogP) is 4.74. The van der Waals surface area contributed by atoms with Crippen molar-refractivity contribution in [2.24, 2.45) is 0 Å². The topological polar surface area (TPSA) is 86.1 Å². The SMILES string of the molecule is CCOC(=O)c1cc(CC)sc1NC(=O)CSc1nnc(C2CC2)n1Cc1ccccc1. The van der Waals surface area contributed by atoms with Crippen molar-refractivity contribution >= 4 is 40.0 Å². The number of thiophene rings is 1. The van der Waals surface area contributed by atoms with Crippen LogP contribution in [0.5, 0.6) is 0 Å². The Morgan fingerprint density at radius 3 is 2.69 bits per heavy atom. The van der Waals surface area contributed by atoms with Gasteiger partial charge in [0.15, 0.2) is 5.16 Å². The number of esters is 1. The molecule has 1 aliphatic carbocycles. The third kappa shape index (κ3) is 5.39. The van der Waals surface area contributed by atoms with Gasteiger partial charge < -0.3 is 14.6 Å². The predicted molar refractivity (Wildman–Crippen MR) is 127 cm³/mol. The van der Waals surface area contributed by atoms with E-state index in [0.29, 0.717) is 29.6 Å². The van der Waals surface area contributed by atoms with E-state index in [1.54, 1.807) is 13.0 Å². The molecule has 7 nitrogen and oxygen atoms in total. The molecule has 9 heteroatoms. The maximum Gasteiger partial charge on any atom is 0.341 e. The molecule has 2 heterocycles. The van der Waals surface area contributed by atoms with Gasteiger partial charge >= 0.3 is 5.97 Å². The van der Waals surface area contributed by atoms with E-state index in [2.05, 4.69) is 32.2 Å². The molecule has 0 bridgehead atoms. The normalized spacial score (nSPS) is 13.2. The highest BCUT2D eigenvalue weighted by molar-refractivity contribution is 7.99. The summed E-state index contributed by atoms with van der Waals surface area (Å²) in [5, 5.41) is 12.9. The molecule has 0 radical (unpaired) electrons. The second kappa shape index (κ2) is 10.3. The van der Waals surface area contributed by atoms with Crippen molar-refractivity contribution in [1.29, 1.82) is 0 Å². The lowest BCUT2D eigenvalue weighted by molar-refractivity contribution is -0.113. The summed E-state index contributed by atoms with van der Waals surface area (Å²) < 4.78 is 7.25. The smallest absolute Gasteiger partial charge is 0.341 e. The quantitative estimate of drug-likeness (QED) is 0.340. The van der Waals surface area contributed by atoms with E-state index in [0.717, 1.165) is 35.1 Å². The number of anilines is 1. The first kappa shape index (κ1) is 22.5. The summed E-state index contributed by atoms with van der Waals surface area (Å²) >= 11 is 2.77. The van der Waals surface area contributed by atoms with Crippen molar-refractivity contribution in [3.63, 3.8) is 0 Å². The lowest BCUT2D eigenvalue weighted by atomic mass is 10.2. The summed E-state index contributed by atoms with van der Waals surface area (Å²) in [5.41, 5.74) is 1.58. The molecule has 1 amide bonds. The summed E-state index contributed by atoms with van der Waals surface area (Å²) in [6.45, 7) is 4.75. The average molecular weight is 471 g/mol. The standard InChI is InChI=1S/C23H26N4O3S2/c1-3-17-12-18(22(29)30-4-2)21(32-17)24-19(28)14-31-23-26-25-20(16-10-11-16)27(23)13-15-8-6-5-7-9-15/h5-9,12,16H,3-4,10-11,13-14H2,1-2H3,(H,24,28). The monoisotopic (exact) mass is 470 g/mol. The molecule has 0 unspecified atom stereocenters. The van der Waals surface area contributed by atoms with Crippen LogP contribution in [-0.4, -0.2) is 39.0 Å². The molecular formula is C23H26N4O3S2. The number of benzene rings is 1. The summed E-state index contributed by atoms with van der Waals surface area (Å²) in [6, 6.07) is 12.0. The highest BCUT2D eigenvalue weighted by Gasteiger charge is 2.30. The highest BCUT2D eigenvalue weighted by atomic mass is 32.2. The van der Waals surface area contributed by atoms with Gasteiger partial charge in [-0.1, -0.05) is 49.0 Å². The zero-order chi connectivity index (χ0) is 22.5. The van der Waals surface area contributed by atoms with E-state index < -0.39 is 5.97 Å². The minimum Gasteiger partial charge on any atom is -0.462 e. The Hall–Kier alpha value is -2.65. The van der Waals surface area contributed by atoms with Gasteiger partial charge in [0, 0.05) is 10.8 Å². The van der Waals surface area contributed by atoms with Gasteiger partial charge in [0.05, 0.1) is 24.5 Å². The summed E-state index contributed by atoms with van der Waals surface area (Å²) in [7, 11) is 0. The molecular weight excluding hydrogens is 444 g/mol. The molecule has 3 aromatic rings. The van der Waals surface area contributed by atoms with Crippen LogP contribution < -0.4 is 5.32 Å². The molecule has 1 aliphatic rings. The maximum absolute atomic E-state index is 12.7. The van der Waals surface area contributed by atoms with Gasteiger partial charge in [-0.05, 0) is 37.8 Å². The summed E-state index contributed by atoms with van der Waals surface area (Å²) in [5.74, 6) is 1.03. The number of amides is 1. The third-order valence-corrected chi connectivity index (χ3v) is 7.25. The second-order valence-electron chi connectivity index (χ2n) is 7.55. The molecule has 0 spiro atoms. The number of aryl methyl sites for hydroxylation is 1. The zero-order valence-electron chi connectivity index (χ0n) is 18.2. The van der Waals surface area contributed by atoms with E-state index in [-0.39, 0.29) is 11.7 Å². The fourth-order valence-electron chi connectivity index (χ4n) is 3.33. The number of hydrogen-bond donors (Lipinski definition) is 1. The largest absolute Gasteiger partial charge is 0.462 e. The molecule has 1 saturated carbocycles. The molecule has 2 aromatic heterocycles. The van der Waals surface area contributed by atoms with Crippen LogP contribution in [0, 0.1) is 0 Å². The lowest BCUT2D eigenvalue weighted by Crippen LogP contribution is -2.16. The number of nitrogens with zero attached hydrogens (tertiary/aromatic N) is 3. The minimum absolute atomic E-state index is 0.180. The third-order valence-electron chi connectivity index (χ3n) is 5.08. The van der Waals surface area contributed by atoms with Crippen LogP contribution in [0.3, 0.4) is 0 Å². The van der Waals surface area contributed by atoms with Crippen LogP contribution in [0.4, 0.5) is 5.00 Å². The van der Waals surface area contributed by atoms with E-state index in [9.17, 15) is 9.59 Å². The van der Waals surface area contributed by atoms with Gasteiger partial charge in [-0.2, -0.15) is 0 Å². The highest BCUT2D eigenvalue weighted by Crippen LogP contribution is 2.40. The number of aromatic nitrogens is 3. The number of thioether (sulfide) groups is 1. The van der Waals surface area contributed by atoms with Gasteiger partial charge in [0.1, 0.15) is 10.8 Å². The number of nitrogens with one attached hydrogen (secondary N) is 1. The van der Waals surface area contributed by atoms with E-state index >= 15 is 0 Å². The molecule has 0 saturated heterocycles. The van der Waals surface area contributed by atoms with Gasteiger partial charge in [0.25, 0.3) is 0 Å². The molecule has 0 atom stereocenters. The van der Waals surface area contributed by atoms with E-state index in [1.807, 2.05) is 25.1 Å². The Balaban J connectivity index is 1.45. The summed E-state index contributed by atoms with van der Waals surface area (Å²) in [4.78, 5) is 26.0. The van der Waals surface area contributed by atoms with Crippen LogP contribution in [0.15, 0.2) is 41.6 Å². The van der Waals surface area contributed by atoms with Crippen LogP contribution in [-0.2, 0) is 22.5 Å². The number of rotatable bonds is 10. The Bertz CT molecular complexity index is 1090. The number of hydrogen-bond acceptors (Lipinski definition) is 7. The molecule has 0 aliphatic heterocycles. The fourth-order valence-corrected chi connectivity index (χ4v) is 5.07. The first-order valence-electron chi connectivity index (χ1n) is 10.8. The summed E-state index contributed by atoms with van der Waals surface area (Å²) in [6.07, 6.45) is 3.05. The molecule has 1 N–H and O–H groups in total. The van der Waals surface area contributed by atoms with Gasteiger partial charge in [-0.3, -0.25) is 4.79 Å². The first-order chi connectivity index (χ1) is 15.6. The Morgan fingerprint density at radius 2 is 2.00 bits per heavy atom. The Morgan fingerprint density at radius 1 is 1.22 bits per heavy atom. The molecule has 1 fully saturated rings. The van der Waals surface area contributed by atoms with Crippen molar-refractivity contribution in [2.45, 2.75) is 50.7 Å². The van der Waals surface area contributed by atoms with Crippen LogP contribution in [0.1, 0.15) is 59.2 Å². The molecule has 4 rings (SSSR count). The molecule has 32 heavy (non-hydrogen) atoms. The number of ether oxygens (including phenoxy) is 1. The molecule has 168 valence electrons. The van der Waals surface area contributed by atoms with Crippen LogP contribution >= 0.6 is 23.1 Å². The second-order valence-corrected chi connectivity index (χ2v) is 9.63. The Labute approximate surface area is 195 Å². The molecule has 1 aromatic carbocycles. The lowest BCUT2D eigenvalue weighted by Gasteiger charge is -2.10. The van der Waals surface area contributed by atoms with E-state index in [4.69, 9.17) is 4.74 Å². The van der Waals surface area contributed by atoms with E-state index in [1.165, 1.54) is 28.7 Å². The Kier molecular flexibility index (Phi) is 7.26. The van der Waals surface area contributed by atoms with Gasteiger partial charge in [0.2, 0.25) is 5.91 Å². The number of carbonyl (C=O) groups excluding carboxylic acids is 2. The first-order valence-corrected chi connectivity index (χ1v) is 12.6. The minimum atomic E-state index is -0.414. The fraction of sp³-hybridized carbons (Fsp3) is 0.391. The van der Waals surface area contributed by atoms with Gasteiger partial charge in [-0.25, -0.2) is 4.79 Å². The van der Waals surface area contributed by atoms with Gasteiger partial charge in [-0.15, -0.1) is 21.5 Å². The average Bonchev–Trinajstić information content (AvgIpc) is 3.44. The zero-order valence-corrected chi connectivity index (χ0v) is 19.8. The van der Waals surface area contributed by atoms with Crippen molar-refractivity contribution < 1.29 is 14.3 Å².